The van der Waals surface area contributed by atoms with Crippen LogP contribution < -0.4 is 5.32 Å². The van der Waals surface area contributed by atoms with E-state index in [1.54, 1.807) is 12.1 Å². The first-order chi connectivity index (χ1) is 9.11. The number of nitrogens with one attached hydrogen (secondary N) is 1. The van der Waals surface area contributed by atoms with E-state index in [0.29, 0.717) is 12.0 Å². The number of likely N-dealkylation sites (tertiary alicyclic amines) is 1. The van der Waals surface area contributed by atoms with E-state index in [9.17, 15) is 10.1 Å². The molecule has 2 atom stereocenters. The second-order valence-corrected chi connectivity index (χ2v) is 5.23. The summed E-state index contributed by atoms with van der Waals surface area (Å²) < 4.78 is 0. The zero-order valence-electron chi connectivity index (χ0n) is 11.5. The Morgan fingerprint density at radius 1 is 1.47 bits per heavy atom. The monoisotopic (exact) mass is 263 g/mol. The maximum absolute atomic E-state index is 10.6. The minimum absolute atomic E-state index is 0.158. The third-order valence-electron chi connectivity index (χ3n) is 3.94. The summed E-state index contributed by atoms with van der Waals surface area (Å²) in [7, 11) is 1.99. The molecule has 0 saturated carbocycles. The molecule has 104 valence electrons. The number of rotatable bonds is 5. The topological polar surface area (TPSA) is 58.4 Å². The number of hydrogen-bond donors (Lipinski definition) is 1. The molecular weight excluding hydrogens is 242 g/mol. The van der Waals surface area contributed by atoms with Crippen LogP contribution >= 0.6 is 0 Å². The summed E-state index contributed by atoms with van der Waals surface area (Å²) in [4.78, 5) is 12.7. The van der Waals surface area contributed by atoms with Crippen LogP contribution in [0.2, 0.25) is 0 Å². The molecule has 0 radical (unpaired) electrons. The lowest BCUT2D eigenvalue weighted by molar-refractivity contribution is -0.384. The van der Waals surface area contributed by atoms with E-state index in [1.165, 1.54) is 6.42 Å². The lowest BCUT2D eigenvalue weighted by Gasteiger charge is -2.24. The van der Waals surface area contributed by atoms with Crippen LogP contribution in [0.15, 0.2) is 24.3 Å². The maximum atomic E-state index is 10.6. The highest BCUT2D eigenvalue weighted by atomic mass is 16.6. The first-order valence-electron chi connectivity index (χ1n) is 6.75. The van der Waals surface area contributed by atoms with E-state index < -0.39 is 0 Å². The Balaban J connectivity index is 2.00. The van der Waals surface area contributed by atoms with Crippen molar-refractivity contribution < 1.29 is 4.92 Å². The summed E-state index contributed by atoms with van der Waals surface area (Å²) >= 11 is 0. The molecule has 2 rings (SSSR count). The number of nitro groups is 1. The normalized spacial score (nSPS) is 21.5. The van der Waals surface area contributed by atoms with Crippen molar-refractivity contribution in [1.82, 2.24) is 10.2 Å². The summed E-state index contributed by atoms with van der Waals surface area (Å²) in [6.07, 6.45) is 1.22. The molecule has 0 aromatic heterocycles. The first-order valence-corrected chi connectivity index (χ1v) is 6.75. The predicted molar refractivity (Wildman–Crippen MR) is 75.1 cm³/mol. The molecule has 1 aliphatic rings. The number of benzene rings is 1. The number of nitrogens with zero attached hydrogens (tertiary/aromatic N) is 2. The second kappa shape index (κ2) is 6.12. The second-order valence-electron chi connectivity index (χ2n) is 5.23. The van der Waals surface area contributed by atoms with E-state index in [0.717, 1.165) is 25.2 Å². The Hall–Kier alpha value is -1.46. The Morgan fingerprint density at radius 3 is 2.74 bits per heavy atom. The Bertz CT molecular complexity index is 433. The molecule has 1 aromatic carbocycles. The first kappa shape index (κ1) is 14.0. The van der Waals surface area contributed by atoms with Crippen molar-refractivity contribution in [2.45, 2.75) is 19.4 Å². The third-order valence-corrected chi connectivity index (χ3v) is 3.94. The fourth-order valence-electron chi connectivity index (χ4n) is 2.76. The quantitative estimate of drug-likeness (QED) is 0.653. The highest BCUT2D eigenvalue weighted by Gasteiger charge is 2.26. The highest BCUT2D eigenvalue weighted by Crippen LogP contribution is 2.28. The molecule has 1 heterocycles. The van der Waals surface area contributed by atoms with Gasteiger partial charge in [-0.3, -0.25) is 15.0 Å². The Morgan fingerprint density at radius 2 is 2.16 bits per heavy atom. The van der Waals surface area contributed by atoms with Crippen LogP contribution in [0.5, 0.6) is 0 Å². The van der Waals surface area contributed by atoms with Crippen molar-refractivity contribution in [2.24, 2.45) is 5.92 Å². The lowest BCUT2D eigenvalue weighted by Crippen LogP contribution is -2.27. The standard InChI is InChI=1S/C14H21N3O2/c1-11(16-8-7-12(10-16)9-15-2)13-3-5-14(6-4-13)17(18)19/h3-6,11-12,15H,7-10H2,1-2H3. The molecule has 5 heteroatoms. The van der Waals surface area contributed by atoms with E-state index >= 15 is 0 Å². The largest absolute Gasteiger partial charge is 0.319 e. The average molecular weight is 263 g/mol. The van der Waals surface area contributed by atoms with Crippen molar-refractivity contribution in [1.29, 1.82) is 0 Å². The molecule has 1 fully saturated rings. The molecule has 19 heavy (non-hydrogen) atoms. The van der Waals surface area contributed by atoms with Crippen LogP contribution in [0.25, 0.3) is 0 Å². The van der Waals surface area contributed by atoms with E-state index in [2.05, 4.69) is 17.1 Å². The van der Waals surface area contributed by atoms with Crippen molar-refractivity contribution in [3.63, 3.8) is 0 Å². The van der Waals surface area contributed by atoms with Gasteiger partial charge < -0.3 is 5.32 Å². The van der Waals surface area contributed by atoms with Gasteiger partial charge in [0.05, 0.1) is 4.92 Å². The molecule has 0 amide bonds. The molecule has 5 nitrogen and oxygen atoms in total. The van der Waals surface area contributed by atoms with Gasteiger partial charge >= 0.3 is 0 Å². The van der Waals surface area contributed by atoms with Crippen LogP contribution in [0, 0.1) is 16.0 Å². The molecule has 1 saturated heterocycles. The van der Waals surface area contributed by atoms with Gasteiger partial charge in [0.15, 0.2) is 0 Å². The smallest absolute Gasteiger partial charge is 0.269 e. The molecule has 0 spiro atoms. The zero-order chi connectivity index (χ0) is 13.8. The average Bonchev–Trinajstić information content (AvgIpc) is 2.87. The van der Waals surface area contributed by atoms with Gasteiger partial charge in [-0.05, 0) is 45.0 Å². The van der Waals surface area contributed by atoms with Gasteiger partial charge in [-0.1, -0.05) is 12.1 Å². The maximum Gasteiger partial charge on any atom is 0.269 e. The van der Waals surface area contributed by atoms with Crippen LogP contribution in [-0.2, 0) is 0 Å². The Kier molecular flexibility index (Phi) is 4.50. The molecule has 1 aromatic rings. The van der Waals surface area contributed by atoms with Crippen molar-refractivity contribution in [2.75, 3.05) is 26.7 Å². The van der Waals surface area contributed by atoms with Gasteiger partial charge in [-0.25, -0.2) is 0 Å². The van der Waals surface area contributed by atoms with Crippen LogP contribution in [0.3, 0.4) is 0 Å². The number of nitro benzene ring substituents is 1. The predicted octanol–water partition coefficient (Wildman–Crippen LogP) is 2.20. The summed E-state index contributed by atoms with van der Waals surface area (Å²) in [5.41, 5.74) is 1.31. The third kappa shape index (κ3) is 3.30. The van der Waals surface area contributed by atoms with Crippen molar-refractivity contribution in [3.05, 3.63) is 39.9 Å². The minimum Gasteiger partial charge on any atom is -0.319 e. The van der Waals surface area contributed by atoms with Gasteiger partial charge in [-0.15, -0.1) is 0 Å². The fraction of sp³-hybridized carbons (Fsp3) is 0.571. The van der Waals surface area contributed by atoms with E-state index in [1.807, 2.05) is 19.2 Å². The van der Waals surface area contributed by atoms with Crippen LogP contribution in [0.1, 0.15) is 24.9 Å². The van der Waals surface area contributed by atoms with Crippen LogP contribution in [-0.4, -0.2) is 36.5 Å². The molecule has 1 aliphatic heterocycles. The van der Waals surface area contributed by atoms with Gasteiger partial charge in [0, 0.05) is 24.7 Å². The zero-order valence-corrected chi connectivity index (χ0v) is 11.5. The SMILES string of the molecule is CNCC1CCN(C(C)c2ccc([N+](=O)[O-])cc2)C1. The van der Waals surface area contributed by atoms with Gasteiger partial charge in [-0.2, -0.15) is 0 Å². The van der Waals surface area contributed by atoms with Crippen LogP contribution in [0.4, 0.5) is 5.69 Å². The van der Waals surface area contributed by atoms with Gasteiger partial charge in [0.25, 0.3) is 5.69 Å². The fourth-order valence-corrected chi connectivity index (χ4v) is 2.76. The van der Waals surface area contributed by atoms with Gasteiger partial charge in [0.2, 0.25) is 0 Å². The summed E-state index contributed by atoms with van der Waals surface area (Å²) in [5, 5.41) is 13.9. The Labute approximate surface area is 113 Å². The summed E-state index contributed by atoms with van der Waals surface area (Å²) in [6.45, 7) is 5.43. The highest BCUT2D eigenvalue weighted by molar-refractivity contribution is 5.34. The molecule has 2 unspecified atom stereocenters. The van der Waals surface area contributed by atoms with E-state index in [-0.39, 0.29) is 10.6 Å². The number of non-ortho nitro benzene ring substituents is 1. The summed E-state index contributed by atoms with van der Waals surface area (Å²) in [5.74, 6) is 0.713. The number of hydrogen-bond acceptors (Lipinski definition) is 4. The van der Waals surface area contributed by atoms with Crippen molar-refractivity contribution in [3.8, 4) is 0 Å². The lowest BCUT2D eigenvalue weighted by atomic mass is 10.1. The van der Waals surface area contributed by atoms with E-state index in [4.69, 9.17) is 0 Å². The molecule has 1 N–H and O–H groups in total. The molecule has 0 bridgehead atoms. The van der Waals surface area contributed by atoms with Gasteiger partial charge in [0.1, 0.15) is 0 Å². The minimum atomic E-state index is -0.354. The molecular formula is C14H21N3O2. The molecule has 0 aliphatic carbocycles. The van der Waals surface area contributed by atoms with Crippen molar-refractivity contribution >= 4 is 5.69 Å². The summed E-state index contributed by atoms with van der Waals surface area (Å²) in [6, 6.07) is 7.24.